The van der Waals surface area contributed by atoms with Crippen molar-refractivity contribution in [1.82, 2.24) is 9.80 Å². The Hall–Kier alpha value is -0.0800. The van der Waals surface area contributed by atoms with Gasteiger partial charge in [-0.15, -0.1) is 0 Å². The maximum absolute atomic E-state index is 2.49. The van der Waals surface area contributed by atoms with Crippen molar-refractivity contribution in [2.24, 2.45) is 0 Å². The summed E-state index contributed by atoms with van der Waals surface area (Å²) in [6.45, 7) is 11.4. The van der Waals surface area contributed by atoms with Crippen LogP contribution >= 0.6 is 0 Å². The lowest BCUT2D eigenvalue weighted by Crippen LogP contribution is -2.36. The van der Waals surface area contributed by atoms with Crippen molar-refractivity contribution < 1.29 is 0 Å². The van der Waals surface area contributed by atoms with Gasteiger partial charge >= 0.3 is 0 Å². The molecule has 12 heavy (non-hydrogen) atoms. The van der Waals surface area contributed by atoms with E-state index in [2.05, 4.69) is 37.6 Å². The van der Waals surface area contributed by atoms with Crippen LogP contribution in [0.1, 0.15) is 33.6 Å². The zero-order chi connectivity index (χ0) is 9.40. The summed E-state index contributed by atoms with van der Waals surface area (Å²) < 4.78 is 0. The van der Waals surface area contributed by atoms with E-state index in [-0.39, 0.29) is 0 Å². The highest BCUT2D eigenvalue weighted by atomic mass is 15.3. The normalized spacial score (nSPS) is 11.5. The first-order valence-electron chi connectivity index (χ1n) is 5.15. The smallest absolute Gasteiger partial charge is 0.0503 e. The highest BCUT2D eigenvalue weighted by molar-refractivity contribution is 4.54. The molecule has 0 aromatic carbocycles. The highest BCUT2D eigenvalue weighted by Gasteiger charge is 2.02. The molecule has 0 saturated carbocycles. The topological polar surface area (TPSA) is 6.48 Å². The molecule has 0 amide bonds. The fourth-order valence-corrected chi connectivity index (χ4v) is 1.15. The first-order valence-corrected chi connectivity index (χ1v) is 5.15. The Bertz CT molecular complexity index is 93.8. The third-order valence-corrected chi connectivity index (χ3v) is 2.26. The van der Waals surface area contributed by atoms with E-state index in [1.54, 1.807) is 0 Å². The van der Waals surface area contributed by atoms with Gasteiger partial charge in [0, 0.05) is 0 Å². The van der Waals surface area contributed by atoms with Crippen LogP contribution in [0.5, 0.6) is 0 Å². The first-order chi connectivity index (χ1) is 5.74. The predicted octanol–water partition coefficient (Wildman–Crippen LogP) is 2.02. The van der Waals surface area contributed by atoms with Crippen molar-refractivity contribution in [1.29, 1.82) is 0 Å². The summed E-state index contributed by atoms with van der Waals surface area (Å²) in [6, 6.07) is 0. The third kappa shape index (κ3) is 5.56. The van der Waals surface area contributed by atoms with E-state index in [1.165, 1.54) is 25.9 Å². The number of rotatable bonds is 7. The molecule has 2 heteroatoms. The van der Waals surface area contributed by atoms with Crippen LogP contribution in [0.2, 0.25) is 0 Å². The molecule has 0 N–H and O–H groups in total. The van der Waals surface area contributed by atoms with Gasteiger partial charge in [0.05, 0.1) is 6.67 Å². The number of unbranched alkanes of at least 4 members (excludes halogenated alkanes) is 1. The first kappa shape index (κ1) is 11.9. The quantitative estimate of drug-likeness (QED) is 0.542. The molecule has 0 atom stereocenters. The van der Waals surface area contributed by atoms with Gasteiger partial charge in [0.1, 0.15) is 0 Å². The fraction of sp³-hybridized carbons (Fsp3) is 1.00. The van der Waals surface area contributed by atoms with Crippen LogP contribution in [-0.4, -0.2) is 43.2 Å². The Labute approximate surface area is 77.5 Å². The average Bonchev–Trinajstić information content (AvgIpc) is 2.11. The van der Waals surface area contributed by atoms with Crippen LogP contribution in [0.15, 0.2) is 0 Å². The molecule has 0 aliphatic heterocycles. The molecule has 0 aromatic rings. The standard InChI is InChI=1S/C10H24N2/c1-5-8-9-12(7-3)10-11(4)6-2/h5-10H2,1-4H3. The van der Waals surface area contributed by atoms with Crippen molar-refractivity contribution in [3.8, 4) is 0 Å². The van der Waals surface area contributed by atoms with Gasteiger partial charge in [-0.25, -0.2) is 0 Å². The second-order valence-electron chi connectivity index (χ2n) is 3.38. The van der Waals surface area contributed by atoms with E-state index in [9.17, 15) is 0 Å². The van der Waals surface area contributed by atoms with Gasteiger partial charge in [-0.3, -0.25) is 9.80 Å². The van der Waals surface area contributed by atoms with E-state index in [0.29, 0.717) is 0 Å². The van der Waals surface area contributed by atoms with Gasteiger partial charge in [0.15, 0.2) is 0 Å². The molecule has 0 radical (unpaired) electrons. The summed E-state index contributed by atoms with van der Waals surface area (Å²) in [5.74, 6) is 0. The number of hydrogen-bond acceptors (Lipinski definition) is 2. The van der Waals surface area contributed by atoms with Gasteiger partial charge < -0.3 is 0 Å². The van der Waals surface area contributed by atoms with Crippen molar-refractivity contribution in [3.63, 3.8) is 0 Å². The largest absolute Gasteiger partial charge is 0.294 e. The minimum absolute atomic E-state index is 1.12. The van der Waals surface area contributed by atoms with Gasteiger partial charge in [-0.1, -0.05) is 27.2 Å². The summed E-state index contributed by atoms with van der Waals surface area (Å²) in [7, 11) is 2.18. The maximum Gasteiger partial charge on any atom is 0.0503 e. The monoisotopic (exact) mass is 172 g/mol. The Morgan fingerprint density at radius 1 is 1.00 bits per heavy atom. The van der Waals surface area contributed by atoms with E-state index >= 15 is 0 Å². The maximum atomic E-state index is 2.49. The van der Waals surface area contributed by atoms with Crippen LogP contribution in [0.3, 0.4) is 0 Å². The SMILES string of the molecule is CCCCN(CC)CN(C)CC. The molecule has 0 heterocycles. The summed E-state index contributed by atoms with van der Waals surface area (Å²) in [4.78, 5) is 4.84. The van der Waals surface area contributed by atoms with Crippen molar-refractivity contribution in [2.75, 3.05) is 33.4 Å². The van der Waals surface area contributed by atoms with Gasteiger partial charge in [0.25, 0.3) is 0 Å². The molecule has 0 fully saturated rings. The predicted molar refractivity (Wildman–Crippen MR) is 55.3 cm³/mol. The zero-order valence-corrected chi connectivity index (χ0v) is 9.14. The van der Waals surface area contributed by atoms with E-state index in [1.807, 2.05) is 0 Å². The summed E-state index contributed by atoms with van der Waals surface area (Å²) in [5, 5.41) is 0. The highest BCUT2D eigenvalue weighted by Crippen LogP contribution is 1.95. The Balaban J connectivity index is 3.51. The lowest BCUT2D eigenvalue weighted by Gasteiger charge is -2.25. The third-order valence-electron chi connectivity index (χ3n) is 2.26. The number of hydrogen-bond donors (Lipinski definition) is 0. The van der Waals surface area contributed by atoms with Gasteiger partial charge in [-0.05, 0) is 33.1 Å². The molecule has 0 aliphatic rings. The van der Waals surface area contributed by atoms with Gasteiger partial charge in [-0.2, -0.15) is 0 Å². The van der Waals surface area contributed by atoms with Crippen molar-refractivity contribution in [3.05, 3.63) is 0 Å². The minimum Gasteiger partial charge on any atom is -0.294 e. The minimum atomic E-state index is 1.12. The average molecular weight is 172 g/mol. The fourth-order valence-electron chi connectivity index (χ4n) is 1.15. The van der Waals surface area contributed by atoms with Crippen molar-refractivity contribution >= 4 is 0 Å². The molecular weight excluding hydrogens is 148 g/mol. The van der Waals surface area contributed by atoms with Crippen LogP contribution in [0.4, 0.5) is 0 Å². The lowest BCUT2D eigenvalue weighted by atomic mass is 10.3. The lowest BCUT2D eigenvalue weighted by molar-refractivity contribution is 0.164. The second kappa shape index (κ2) is 7.56. The van der Waals surface area contributed by atoms with Crippen LogP contribution in [0.25, 0.3) is 0 Å². The number of nitrogens with zero attached hydrogens (tertiary/aromatic N) is 2. The second-order valence-corrected chi connectivity index (χ2v) is 3.38. The van der Waals surface area contributed by atoms with Crippen LogP contribution < -0.4 is 0 Å². The van der Waals surface area contributed by atoms with E-state index in [0.717, 1.165) is 13.2 Å². The van der Waals surface area contributed by atoms with E-state index in [4.69, 9.17) is 0 Å². The molecule has 0 saturated heterocycles. The molecule has 74 valence electrons. The zero-order valence-electron chi connectivity index (χ0n) is 9.14. The molecule has 0 aliphatic carbocycles. The summed E-state index contributed by atoms with van der Waals surface area (Å²) in [6.07, 6.45) is 2.62. The molecule has 0 aromatic heterocycles. The Kier molecular flexibility index (Phi) is 7.51. The van der Waals surface area contributed by atoms with Gasteiger partial charge in [0.2, 0.25) is 0 Å². The summed E-state index contributed by atoms with van der Waals surface area (Å²) >= 11 is 0. The Morgan fingerprint density at radius 3 is 2.08 bits per heavy atom. The summed E-state index contributed by atoms with van der Waals surface area (Å²) in [5.41, 5.74) is 0. The molecule has 2 nitrogen and oxygen atoms in total. The van der Waals surface area contributed by atoms with Crippen LogP contribution in [0, 0.1) is 0 Å². The van der Waals surface area contributed by atoms with E-state index < -0.39 is 0 Å². The Morgan fingerprint density at radius 2 is 1.67 bits per heavy atom. The molecule has 0 bridgehead atoms. The van der Waals surface area contributed by atoms with Crippen LogP contribution in [-0.2, 0) is 0 Å². The molecule has 0 spiro atoms. The molecular formula is C10H24N2. The molecule has 0 rings (SSSR count). The molecule has 0 unspecified atom stereocenters. The van der Waals surface area contributed by atoms with Crippen molar-refractivity contribution in [2.45, 2.75) is 33.6 Å².